The van der Waals surface area contributed by atoms with Gasteiger partial charge >= 0.3 is 0 Å². The molecule has 2 N–H and O–H groups in total. The summed E-state index contributed by atoms with van der Waals surface area (Å²) in [5.41, 5.74) is 5.99. The predicted octanol–water partition coefficient (Wildman–Crippen LogP) is 3.15. The molecule has 1 spiro atoms. The molecule has 3 atom stereocenters. The summed E-state index contributed by atoms with van der Waals surface area (Å²) in [5.74, 6) is 1.60. The van der Waals surface area contributed by atoms with Gasteiger partial charge in [0, 0.05) is 30.5 Å². The van der Waals surface area contributed by atoms with Gasteiger partial charge in [-0.15, -0.1) is 0 Å². The first-order valence-electron chi connectivity index (χ1n) is 8.67. The van der Waals surface area contributed by atoms with Crippen LogP contribution in [0, 0.1) is 5.92 Å². The van der Waals surface area contributed by atoms with Gasteiger partial charge in [-0.2, -0.15) is 0 Å². The predicted molar refractivity (Wildman–Crippen MR) is 98.1 cm³/mol. The van der Waals surface area contributed by atoms with Crippen molar-refractivity contribution in [3.63, 3.8) is 0 Å². The highest BCUT2D eigenvalue weighted by Crippen LogP contribution is 2.49. The Morgan fingerprint density at radius 3 is 2.80 bits per heavy atom. The second-order valence-electron chi connectivity index (χ2n) is 7.71. The fraction of sp³-hybridized carbons (Fsp3) is 0.611. The molecule has 25 heavy (non-hydrogen) atoms. The summed E-state index contributed by atoms with van der Waals surface area (Å²) < 4.78 is 13.2. The Kier molecular flexibility index (Phi) is 4.01. The van der Waals surface area contributed by atoms with Crippen LogP contribution in [0.5, 0.6) is 5.75 Å². The average Bonchev–Trinajstić information content (AvgIpc) is 2.82. The molecule has 4 rings (SSSR count). The van der Waals surface area contributed by atoms with Crippen LogP contribution in [0.2, 0.25) is 0 Å². The molecular formula is C18H24BrN3O3. The van der Waals surface area contributed by atoms with Gasteiger partial charge in [-0.25, -0.2) is 14.9 Å². The number of guanidine groups is 1. The summed E-state index contributed by atoms with van der Waals surface area (Å²) in [4.78, 5) is 10.8. The number of nitrogens with zero attached hydrogens (tertiary/aromatic N) is 2. The van der Waals surface area contributed by atoms with E-state index in [0.717, 1.165) is 35.2 Å². The van der Waals surface area contributed by atoms with E-state index in [1.807, 2.05) is 18.2 Å². The highest BCUT2D eigenvalue weighted by molar-refractivity contribution is 9.10. The number of fused-ring (bicyclic) bond motifs is 2. The first-order valence-corrected chi connectivity index (χ1v) is 9.46. The van der Waals surface area contributed by atoms with E-state index in [2.05, 4.69) is 29.8 Å². The zero-order valence-corrected chi connectivity index (χ0v) is 16.4. The van der Waals surface area contributed by atoms with Crippen LogP contribution in [0.15, 0.2) is 27.7 Å². The van der Waals surface area contributed by atoms with Gasteiger partial charge in [0.05, 0.1) is 11.2 Å². The lowest BCUT2D eigenvalue weighted by Gasteiger charge is -2.44. The van der Waals surface area contributed by atoms with Gasteiger partial charge in [-0.1, -0.05) is 15.9 Å². The molecule has 0 bridgehead atoms. The molecule has 7 heteroatoms. The first kappa shape index (κ1) is 17.1. The number of hydrogen-bond acceptors (Lipinski definition) is 6. The third-order valence-corrected chi connectivity index (χ3v) is 5.78. The number of aliphatic imine (C=N–C) groups is 1. The summed E-state index contributed by atoms with van der Waals surface area (Å²) in [7, 11) is 1.78. The van der Waals surface area contributed by atoms with E-state index in [-0.39, 0.29) is 11.7 Å². The number of benzene rings is 1. The molecule has 1 saturated heterocycles. The van der Waals surface area contributed by atoms with Crippen molar-refractivity contribution >= 4 is 21.9 Å². The number of hydrogen-bond donors (Lipinski definition) is 1. The minimum atomic E-state index is -0.816. The summed E-state index contributed by atoms with van der Waals surface area (Å²) in [6.07, 6.45) is 2.59. The van der Waals surface area contributed by atoms with E-state index in [1.165, 1.54) is 0 Å². The highest BCUT2D eigenvalue weighted by Gasteiger charge is 2.51. The fourth-order valence-corrected chi connectivity index (χ4v) is 4.46. The summed E-state index contributed by atoms with van der Waals surface area (Å²) in [5, 5.41) is 1.54. The van der Waals surface area contributed by atoms with Crippen LogP contribution < -0.4 is 10.5 Å². The van der Waals surface area contributed by atoms with Gasteiger partial charge in [0.2, 0.25) is 11.7 Å². The Morgan fingerprint density at radius 2 is 2.12 bits per heavy atom. The Bertz CT molecular complexity index is 724. The molecule has 0 aromatic heterocycles. The van der Waals surface area contributed by atoms with Crippen LogP contribution >= 0.6 is 15.9 Å². The van der Waals surface area contributed by atoms with Crippen molar-refractivity contribution in [3.8, 4) is 5.75 Å². The van der Waals surface area contributed by atoms with Crippen LogP contribution in [-0.4, -0.2) is 36.4 Å². The molecule has 1 aromatic rings. The minimum Gasteiger partial charge on any atom is -0.489 e. The Labute approximate surface area is 156 Å². The van der Waals surface area contributed by atoms with Crippen molar-refractivity contribution in [1.29, 1.82) is 0 Å². The molecule has 0 radical (unpaired) electrons. The molecule has 0 amide bonds. The smallest absolute Gasteiger partial charge is 0.221 e. The number of hydroxylamine groups is 2. The highest BCUT2D eigenvalue weighted by atomic mass is 79.9. The Balaban J connectivity index is 1.71. The van der Waals surface area contributed by atoms with E-state index >= 15 is 0 Å². The van der Waals surface area contributed by atoms with Crippen molar-refractivity contribution in [2.75, 3.05) is 13.7 Å². The van der Waals surface area contributed by atoms with Crippen molar-refractivity contribution in [1.82, 2.24) is 5.06 Å². The van der Waals surface area contributed by atoms with E-state index in [4.69, 9.17) is 25.0 Å². The molecule has 136 valence electrons. The van der Waals surface area contributed by atoms with E-state index in [1.54, 1.807) is 12.1 Å². The molecule has 2 unspecified atom stereocenters. The van der Waals surface area contributed by atoms with Crippen LogP contribution in [0.4, 0.5) is 0 Å². The maximum Gasteiger partial charge on any atom is 0.221 e. The van der Waals surface area contributed by atoms with Crippen LogP contribution in [0.25, 0.3) is 0 Å². The number of halogens is 1. The largest absolute Gasteiger partial charge is 0.489 e. The number of ether oxygens (including phenoxy) is 2. The maximum atomic E-state index is 6.39. The zero-order chi connectivity index (χ0) is 17.8. The lowest BCUT2D eigenvalue weighted by Crippen LogP contribution is -2.46. The number of rotatable bonds is 1. The SMILES string of the molecule is CN1O[C@]2(CC(C3CCOC(C)(C)C3)Oc3ccc(Br)cc32)N=C1N. The maximum absolute atomic E-state index is 6.39. The quantitative estimate of drug-likeness (QED) is 0.771. The molecule has 1 fully saturated rings. The molecule has 6 nitrogen and oxygen atoms in total. The van der Waals surface area contributed by atoms with Gasteiger partial charge in [0.1, 0.15) is 11.9 Å². The fourth-order valence-electron chi connectivity index (χ4n) is 4.10. The molecule has 3 aliphatic rings. The van der Waals surface area contributed by atoms with Crippen molar-refractivity contribution in [3.05, 3.63) is 28.2 Å². The second-order valence-corrected chi connectivity index (χ2v) is 8.62. The topological polar surface area (TPSA) is 69.3 Å². The molecule has 3 aliphatic heterocycles. The minimum absolute atomic E-state index is 0.0138. The monoisotopic (exact) mass is 409 g/mol. The first-order chi connectivity index (χ1) is 11.8. The van der Waals surface area contributed by atoms with Crippen molar-refractivity contribution in [2.24, 2.45) is 16.6 Å². The average molecular weight is 410 g/mol. The molecule has 1 aromatic carbocycles. The van der Waals surface area contributed by atoms with Gasteiger partial charge in [0.15, 0.2) is 0 Å². The lowest BCUT2D eigenvalue weighted by molar-refractivity contribution is -0.199. The third kappa shape index (κ3) is 3.02. The number of nitrogens with two attached hydrogens (primary N) is 1. The Hall–Kier alpha value is -1.31. The normalized spacial score (nSPS) is 33.8. The van der Waals surface area contributed by atoms with Crippen molar-refractivity contribution < 1.29 is 14.3 Å². The van der Waals surface area contributed by atoms with Crippen LogP contribution in [0.3, 0.4) is 0 Å². The van der Waals surface area contributed by atoms with E-state index in [9.17, 15) is 0 Å². The van der Waals surface area contributed by atoms with E-state index < -0.39 is 5.72 Å². The second kappa shape index (κ2) is 5.86. The Morgan fingerprint density at radius 1 is 1.32 bits per heavy atom. The summed E-state index contributed by atoms with van der Waals surface area (Å²) in [6, 6.07) is 5.97. The molecular weight excluding hydrogens is 386 g/mol. The molecule has 3 heterocycles. The molecule has 0 saturated carbocycles. The lowest BCUT2D eigenvalue weighted by atomic mass is 9.79. The third-order valence-electron chi connectivity index (χ3n) is 5.29. The molecule has 0 aliphatic carbocycles. The van der Waals surface area contributed by atoms with Crippen molar-refractivity contribution in [2.45, 2.75) is 50.5 Å². The van der Waals surface area contributed by atoms with Gasteiger partial charge < -0.3 is 15.2 Å². The van der Waals surface area contributed by atoms with Gasteiger partial charge in [0.25, 0.3) is 0 Å². The van der Waals surface area contributed by atoms with Gasteiger partial charge in [-0.3, -0.25) is 0 Å². The summed E-state index contributed by atoms with van der Waals surface area (Å²) >= 11 is 3.54. The standard InChI is InChI=1S/C18H24BrN3O3/c1-17(2)9-11(6-7-23-17)15-10-18(21-16(20)22(3)25-18)13-8-12(19)4-5-14(13)24-15/h4-5,8,11,15H,6-7,9-10H2,1-3H3,(H2,20,21)/t11?,15?,18-/m0/s1. The van der Waals surface area contributed by atoms with E-state index in [0.29, 0.717) is 18.3 Å². The van der Waals surface area contributed by atoms with Crippen LogP contribution in [0.1, 0.15) is 38.7 Å². The van der Waals surface area contributed by atoms with Crippen LogP contribution in [-0.2, 0) is 15.3 Å². The zero-order valence-electron chi connectivity index (χ0n) is 14.8. The van der Waals surface area contributed by atoms with Gasteiger partial charge in [-0.05, 0) is 44.9 Å². The summed E-state index contributed by atoms with van der Waals surface area (Å²) in [6.45, 7) is 5.03.